The molecule has 0 radical (unpaired) electrons. The Labute approximate surface area is 98.1 Å². The topological polar surface area (TPSA) is 29.5 Å². The van der Waals surface area contributed by atoms with Crippen molar-refractivity contribution in [1.29, 1.82) is 0 Å². The standard InChI is InChI=1S/C13H23NO2/c1-14-9-5-8-12(10-14)16-13(15)11-6-3-2-4-7-11/h11-12H,2-10H2,1H3/t12-/m1/s1. The van der Waals surface area contributed by atoms with Gasteiger partial charge in [-0.3, -0.25) is 4.79 Å². The first-order valence-corrected chi connectivity index (χ1v) is 6.65. The minimum absolute atomic E-state index is 0.0694. The summed E-state index contributed by atoms with van der Waals surface area (Å²) in [5.41, 5.74) is 0. The zero-order chi connectivity index (χ0) is 11.4. The number of likely N-dealkylation sites (N-methyl/N-ethyl adjacent to an activating group) is 1. The molecule has 0 N–H and O–H groups in total. The molecule has 2 fully saturated rings. The molecular weight excluding hydrogens is 202 g/mol. The quantitative estimate of drug-likeness (QED) is 0.675. The van der Waals surface area contributed by atoms with Crippen molar-refractivity contribution in [1.82, 2.24) is 4.90 Å². The second-order valence-corrected chi connectivity index (χ2v) is 5.30. The lowest BCUT2D eigenvalue weighted by atomic mass is 9.89. The van der Waals surface area contributed by atoms with E-state index in [1.165, 1.54) is 19.3 Å². The van der Waals surface area contributed by atoms with Gasteiger partial charge in [0.2, 0.25) is 0 Å². The Bertz CT molecular complexity index is 236. The zero-order valence-corrected chi connectivity index (χ0v) is 10.3. The van der Waals surface area contributed by atoms with E-state index in [2.05, 4.69) is 11.9 Å². The van der Waals surface area contributed by atoms with Crippen LogP contribution in [0, 0.1) is 5.92 Å². The van der Waals surface area contributed by atoms with E-state index < -0.39 is 0 Å². The number of rotatable bonds is 2. The Balaban J connectivity index is 1.77. The summed E-state index contributed by atoms with van der Waals surface area (Å²) >= 11 is 0. The van der Waals surface area contributed by atoms with E-state index in [9.17, 15) is 4.79 Å². The molecule has 0 aromatic heterocycles. The van der Waals surface area contributed by atoms with Gasteiger partial charge in [-0.25, -0.2) is 0 Å². The Kier molecular flexibility index (Phi) is 4.22. The molecule has 1 saturated carbocycles. The minimum Gasteiger partial charge on any atom is -0.461 e. The van der Waals surface area contributed by atoms with Crippen LogP contribution in [0.2, 0.25) is 0 Å². The molecule has 1 heterocycles. The number of likely N-dealkylation sites (tertiary alicyclic amines) is 1. The first-order valence-electron chi connectivity index (χ1n) is 6.65. The first kappa shape index (κ1) is 11.9. The number of nitrogens with zero attached hydrogens (tertiary/aromatic N) is 1. The maximum Gasteiger partial charge on any atom is 0.309 e. The number of carbonyl (C=O) groups is 1. The van der Waals surface area contributed by atoms with Gasteiger partial charge in [-0.2, -0.15) is 0 Å². The van der Waals surface area contributed by atoms with Crippen LogP contribution in [0.1, 0.15) is 44.9 Å². The van der Waals surface area contributed by atoms with Crippen LogP contribution in [-0.2, 0) is 9.53 Å². The predicted octanol–water partition coefficient (Wildman–Crippen LogP) is 2.20. The van der Waals surface area contributed by atoms with Gasteiger partial charge in [0, 0.05) is 6.54 Å². The maximum atomic E-state index is 11.9. The predicted molar refractivity (Wildman–Crippen MR) is 63.2 cm³/mol. The van der Waals surface area contributed by atoms with Crippen LogP contribution in [0.4, 0.5) is 0 Å². The smallest absolute Gasteiger partial charge is 0.309 e. The van der Waals surface area contributed by atoms with E-state index in [1.807, 2.05) is 0 Å². The lowest BCUT2D eigenvalue weighted by molar-refractivity contribution is -0.157. The molecule has 0 bridgehead atoms. The van der Waals surface area contributed by atoms with Gasteiger partial charge in [0.05, 0.1) is 5.92 Å². The van der Waals surface area contributed by atoms with E-state index in [-0.39, 0.29) is 18.0 Å². The third-order valence-corrected chi connectivity index (χ3v) is 3.80. The van der Waals surface area contributed by atoms with Gasteiger partial charge in [-0.05, 0) is 39.3 Å². The normalized spacial score (nSPS) is 28.9. The fraction of sp³-hybridized carbons (Fsp3) is 0.923. The third kappa shape index (κ3) is 3.21. The van der Waals surface area contributed by atoms with Gasteiger partial charge in [0.25, 0.3) is 0 Å². The van der Waals surface area contributed by atoms with E-state index in [4.69, 9.17) is 4.74 Å². The second-order valence-electron chi connectivity index (χ2n) is 5.30. The van der Waals surface area contributed by atoms with Crippen molar-refractivity contribution in [2.24, 2.45) is 5.92 Å². The summed E-state index contributed by atoms with van der Waals surface area (Å²) in [6, 6.07) is 0. The Hall–Kier alpha value is -0.570. The molecule has 16 heavy (non-hydrogen) atoms. The molecule has 0 aromatic carbocycles. The van der Waals surface area contributed by atoms with Gasteiger partial charge in [0.15, 0.2) is 0 Å². The summed E-state index contributed by atoms with van der Waals surface area (Å²) in [5.74, 6) is 0.265. The lowest BCUT2D eigenvalue weighted by Crippen LogP contribution is -2.39. The van der Waals surface area contributed by atoms with Crippen molar-refractivity contribution in [2.45, 2.75) is 51.0 Å². The number of piperidine rings is 1. The molecule has 2 aliphatic rings. The van der Waals surface area contributed by atoms with Crippen LogP contribution in [0.15, 0.2) is 0 Å². The Morgan fingerprint density at radius 3 is 2.56 bits per heavy atom. The molecule has 0 amide bonds. The molecule has 1 aliphatic carbocycles. The second kappa shape index (κ2) is 5.67. The van der Waals surface area contributed by atoms with Gasteiger partial charge in [-0.15, -0.1) is 0 Å². The Morgan fingerprint density at radius 1 is 1.12 bits per heavy atom. The summed E-state index contributed by atoms with van der Waals surface area (Å²) in [5, 5.41) is 0. The number of hydrogen-bond donors (Lipinski definition) is 0. The molecule has 92 valence electrons. The van der Waals surface area contributed by atoms with Gasteiger partial charge < -0.3 is 9.64 Å². The van der Waals surface area contributed by atoms with Crippen LogP contribution in [-0.4, -0.2) is 37.1 Å². The number of carbonyl (C=O) groups excluding carboxylic acids is 1. The summed E-state index contributed by atoms with van der Waals surface area (Å²) in [6.45, 7) is 2.05. The maximum absolute atomic E-state index is 11.9. The highest BCUT2D eigenvalue weighted by molar-refractivity contribution is 5.72. The molecule has 0 unspecified atom stereocenters. The molecular formula is C13H23NO2. The fourth-order valence-corrected chi connectivity index (χ4v) is 2.81. The van der Waals surface area contributed by atoms with Gasteiger partial charge >= 0.3 is 5.97 Å². The molecule has 3 nitrogen and oxygen atoms in total. The summed E-state index contributed by atoms with van der Waals surface area (Å²) in [6.07, 6.45) is 8.11. The van der Waals surface area contributed by atoms with E-state index >= 15 is 0 Å². The van der Waals surface area contributed by atoms with Crippen molar-refractivity contribution < 1.29 is 9.53 Å². The molecule has 2 rings (SSSR count). The van der Waals surface area contributed by atoms with Crippen molar-refractivity contribution in [3.05, 3.63) is 0 Å². The van der Waals surface area contributed by atoms with Crippen molar-refractivity contribution in [2.75, 3.05) is 20.1 Å². The van der Waals surface area contributed by atoms with Crippen molar-refractivity contribution >= 4 is 5.97 Å². The monoisotopic (exact) mass is 225 g/mol. The Morgan fingerprint density at radius 2 is 1.88 bits per heavy atom. The molecule has 0 aromatic rings. The van der Waals surface area contributed by atoms with E-state index in [0.717, 1.165) is 38.8 Å². The third-order valence-electron chi connectivity index (χ3n) is 3.80. The molecule has 1 atom stereocenters. The van der Waals surface area contributed by atoms with Crippen molar-refractivity contribution in [3.8, 4) is 0 Å². The van der Waals surface area contributed by atoms with Gasteiger partial charge in [0.1, 0.15) is 6.10 Å². The van der Waals surface area contributed by atoms with Crippen LogP contribution in [0.3, 0.4) is 0 Å². The molecule has 0 spiro atoms. The average molecular weight is 225 g/mol. The van der Waals surface area contributed by atoms with Crippen LogP contribution in [0.25, 0.3) is 0 Å². The fourth-order valence-electron chi connectivity index (χ4n) is 2.81. The highest BCUT2D eigenvalue weighted by atomic mass is 16.5. The molecule has 1 saturated heterocycles. The van der Waals surface area contributed by atoms with Crippen LogP contribution >= 0.6 is 0 Å². The molecule has 1 aliphatic heterocycles. The highest BCUT2D eigenvalue weighted by Crippen LogP contribution is 2.25. The van der Waals surface area contributed by atoms with Gasteiger partial charge in [-0.1, -0.05) is 19.3 Å². The summed E-state index contributed by atoms with van der Waals surface area (Å²) < 4.78 is 5.62. The first-order chi connectivity index (χ1) is 7.75. The number of esters is 1. The summed E-state index contributed by atoms with van der Waals surface area (Å²) in [4.78, 5) is 14.2. The summed E-state index contributed by atoms with van der Waals surface area (Å²) in [7, 11) is 2.10. The van der Waals surface area contributed by atoms with Crippen molar-refractivity contribution in [3.63, 3.8) is 0 Å². The molecule has 3 heteroatoms. The zero-order valence-electron chi connectivity index (χ0n) is 10.3. The van der Waals surface area contributed by atoms with Crippen LogP contribution < -0.4 is 0 Å². The lowest BCUT2D eigenvalue weighted by Gasteiger charge is -2.31. The largest absolute Gasteiger partial charge is 0.461 e. The number of hydrogen-bond acceptors (Lipinski definition) is 3. The van der Waals surface area contributed by atoms with E-state index in [0.29, 0.717) is 0 Å². The highest BCUT2D eigenvalue weighted by Gasteiger charge is 2.26. The van der Waals surface area contributed by atoms with Crippen LogP contribution in [0.5, 0.6) is 0 Å². The minimum atomic E-state index is 0.0694. The average Bonchev–Trinajstić information content (AvgIpc) is 2.30. The number of ether oxygens (including phenoxy) is 1. The van der Waals surface area contributed by atoms with E-state index in [1.54, 1.807) is 0 Å². The SMILES string of the molecule is CN1CCC[C@@H](OC(=O)C2CCCCC2)C1.